The highest BCUT2D eigenvalue weighted by Gasteiger charge is 2.30. The van der Waals surface area contributed by atoms with Crippen molar-refractivity contribution in [1.29, 1.82) is 0 Å². The lowest BCUT2D eigenvalue weighted by Gasteiger charge is -2.34. The predicted octanol–water partition coefficient (Wildman–Crippen LogP) is 4.48. The zero-order valence-electron chi connectivity index (χ0n) is 15.1. The van der Waals surface area contributed by atoms with Crippen LogP contribution < -0.4 is 10.1 Å². The van der Waals surface area contributed by atoms with Crippen molar-refractivity contribution in [2.24, 2.45) is 5.41 Å². The van der Waals surface area contributed by atoms with Gasteiger partial charge in [0.2, 0.25) is 0 Å². The lowest BCUT2D eigenvalue weighted by Crippen LogP contribution is -2.50. The summed E-state index contributed by atoms with van der Waals surface area (Å²) in [6, 6.07) is 7.80. The van der Waals surface area contributed by atoms with Gasteiger partial charge in [0.25, 0.3) is 5.91 Å². The highest BCUT2D eigenvalue weighted by atomic mass is 16.5. The van der Waals surface area contributed by atoms with Crippen LogP contribution >= 0.6 is 0 Å². The molecule has 3 nitrogen and oxygen atoms in total. The molecular formula is C19H31NO2. The van der Waals surface area contributed by atoms with Crippen molar-refractivity contribution in [1.82, 2.24) is 5.32 Å². The second-order valence-corrected chi connectivity index (χ2v) is 7.94. The molecule has 1 amide bonds. The third kappa shape index (κ3) is 6.50. The number of hydrogen-bond acceptors (Lipinski definition) is 2. The zero-order chi connectivity index (χ0) is 17.0. The maximum Gasteiger partial charge on any atom is 0.261 e. The lowest BCUT2D eigenvalue weighted by atomic mass is 9.81. The van der Waals surface area contributed by atoms with Gasteiger partial charge in [-0.2, -0.15) is 0 Å². The minimum Gasteiger partial charge on any atom is -0.481 e. The van der Waals surface area contributed by atoms with Crippen LogP contribution in [0.2, 0.25) is 0 Å². The zero-order valence-corrected chi connectivity index (χ0v) is 15.1. The van der Waals surface area contributed by atoms with E-state index in [1.807, 2.05) is 38.1 Å². The quantitative estimate of drug-likeness (QED) is 0.841. The van der Waals surface area contributed by atoms with Gasteiger partial charge >= 0.3 is 0 Å². The van der Waals surface area contributed by atoms with E-state index in [1.54, 1.807) is 0 Å². The first kappa shape index (κ1) is 18.5. The van der Waals surface area contributed by atoms with Crippen molar-refractivity contribution in [3.05, 3.63) is 29.8 Å². The summed E-state index contributed by atoms with van der Waals surface area (Å²) < 4.78 is 5.87. The van der Waals surface area contributed by atoms with Crippen LogP contribution in [0.5, 0.6) is 5.75 Å². The molecule has 1 aromatic carbocycles. The SMILES string of the molecule is CCC(Oc1cccc(C)c1)C(=O)NC(C)(C)CC(C)(C)C. The number of carbonyl (C=O) groups excluding carboxylic acids is 1. The summed E-state index contributed by atoms with van der Waals surface area (Å²) >= 11 is 0. The molecule has 3 heteroatoms. The average Bonchev–Trinajstić information content (AvgIpc) is 2.32. The Kier molecular flexibility index (Phi) is 6.04. The minimum absolute atomic E-state index is 0.0433. The van der Waals surface area contributed by atoms with Crippen LogP contribution in [0.15, 0.2) is 24.3 Å². The summed E-state index contributed by atoms with van der Waals surface area (Å²) in [5.41, 5.74) is 1.04. The minimum atomic E-state index is -0.457. The van der Waals surface area contributed by atoms with Crippen LogP contribution in [-0.2, 0) is 4.79 Å². The summed E-state index contributed by atoms with van der Waals surface area (Å²) in [6.45, 7) is 14.7. The normalized spacial score (nSPS) is 13.6. The maximum atomic E-state index is 12.5. The van der Waals surface area contributed by atoms with E-state index >= 15 is 0 Å². The summed E-state index contributed by atoms with van der Waals surface area (Å²) in [5, 5.41) is 3.13. The standard InChI is InChI=1S/C19H31NO2/c1-8-16(22-15-11-9-10-14(2)12-15)17(21)20-19(6,7)13-18(3,4)5/h9-12,16H,8,13H2,1-7H3,(H,20,21). The van der Waals surface area contributed by atoms with Crippen LogP contribution in [0.3, 0.4) is 0 Å². The number of rotatable bonds is 6. The number of amides is 1. The maximum absolute atomic E-state index is 12.5. The Bertz CT molecular complexity index is 500. The number of hydrogen-bond donors (Lipinski definition) is 1. The van der Waals surface area contributed by atoms with E-state index in [-0.39, 0.29) is 16.9 Å². The van der Waals surface area contributed by atoms with Crippen LogP contribution in [0.1, 0.15) is 59.9 Å². The molecule has 0 aliphatic heterocycles. The molecule has 0 fully saturated rings. The van der Waals surface area contributed by atoms with E-state index in [0.717, 1.165) is 17.7 Å². The first-order chi connectivity index (χ1) is 10.0. The Morgan fingerprint density at radius 2 is 1.86 bits per heavy atom. The van der Waals surface area contributed by atoms with E-state index in [0.29, 0.717) is 6.42 Å². The largest absolute Gasteiger partial charge is 0.481 e. The molecule has 0 heterocycles. The van der Waals surface area contributed by atoms with E-state index in [4.69, 9.17) is 4.74 Å². The molecule has 0 aromatic heterocycles. The fraction of sp³-hybridized carbons (Fsp3) is 0.632. The van der Waals surface area contributed by atoms with Crippen molar-refractivity contribution >= 4 is 5.91 Å². The molecule has 0 aliphatic rings. The molecule has 0 radical (unpaired) electrons. The van der Waals surface area contributed by atoms with Crippen molar-refractivity contribution in [3.8, 4) is 5.75 Å². The van der Waals surface area contributed by atoms with Gasteiger partial charge in [-0.1, -0.05) is 39.8 Å². The summed E-state index contributed by atoms with van der Waals surface area (Å²) in [7, 11) is 0. The highest BCUT2D eigenvalue weighted by molar-refractivity contribution is 5.81. The number of benzene rings is 1. The molecule has 0 saturated heterocycles. The number of carbonyl (C=O) groups is 1. The van der Waals surface area contributed by atoms with E-state index in [9.17, 15) is 4.79 Å². The third-order valence-electron chi connectivity index (χ3n) is 3.36. The van der Waals surface area contributed by atoms with Crippen LogP contribution in [0.4, 0.5) is 0 Å². The highest BCUT2D eigenvalue weighted by Crippen LogP contribution is 2.27. The fourth-order valence-corrected chi connectivity index (χ4v) is 2.96. The first-order valence-electron chi connectivity index (χ1n) is 8.08. The van der Waals surface area contributed by atoms with Crippen molar-refractivity contribution in [3.63, 3.8) is 0 Å². The Morgan fingerprint density at radius 1 is 1.23 bits per heavy atom. The molecular weight excluding hydrogens is 274 g/mol. The van der Waals surface area contributed by atoms with E-state index in [1.165, 1.54) is 0 Å². The van der Waals surface area contributed by atoms with Gasteiger partial charge in [0, 0.05) is 5.54 Å². The van der Waals surface area contributed by atoms with Gasteiger partial charge < -0.3 is 10.1 Å². The number of nitrogens with one attached hydrogen (secondary N) is 1. The molecule has 1 rings (SSSR count). The van der Waals surface area contributed by atoms with Gasteiger partial charge in [0.05, 0.1) is 0 Å². The monoisotopic (exact) mass is 305 g/mol. The van der Waals surface area contributed by atoms with Crippen LogP contribution in [0.25, 0.3) is 0 Å². The molecule has 1 aromatic rings. The Balaban J connectivity index is 2.72. The van der Waals surface area contributed by atoms with Gasteiger partial charge in [-0.15, -0.1) is 0 Å². The molecule has 1 N–H and O–H groups in total. The molecule has 1 atom stereocenters. The molecule has 124 valence electrons. The van der Waals surface area contributed by atoms with Gasteiger partial charge in [-0.05, 0) is 56.7 Å². The smallest absolute Gasteiger partial charge is 0.261 e. The van der Waals surface area contributed by atoms with Crippen LogP contribution in [0, 0.1) is 12.3 Å². The summed E-state index contributed by atoms with van der Waals surface area (Å²) in [6.07, 6.45) is 1.10. The van der Waals surface area contributed by atoms with Crippen molar-refractivity contribution < 1.29 is 9.53 Å². The van der Waals surface area contributed by atoms with Crippen molar-refractivity contribution in [2.75, 3.05) is 0 Å². The lowest BCUT2D eigenvalue weighted by molar-refractivity contribution is -0.130. The molecule has 0 saturated carbocycles. The average molecular weight is 305 g/mol. The van der Waals surface area contributed by atoms with Gasteiger partial charge in [0.1, 0.15) is 5.75 Å². The Hall–Kier alpha value is -1.51. The third-order valence-corrected chi connectivity index (χ3v) is 3.36. The summed E-state index contributed by atoms with van der Waals surface area (Å²) in [4.78, 5) is 12.5. The van der Waals surface area contributed by atoms with Gasteiger partial charge in [0.15, 0.2) is 6.10 Å². The molecule has 1 unspecified atom stereocenters. The molecule has 0 spiro atoms. The Morgan fingerprint density at radius 3 is 2.36 bits per heavy atom. The molecule has 0 bridgehead atoms. The second kappa shape index (κ2) is 7.17. The van der Waals surface area contributed by atoms with Gasteiger partial charge in [-0.25, -0.2) is 0 Å². The Labute approximate surface area is 135 Å². The van der Waals surface area contributed by atoms with Crippen molar-refractivity contribution in [2.45, 2.75) is 73.0 Å². The topological polar surface area (TPSA) is 38.3 Å². The number of ether oxygens (including phenoxy) is 1. The van der Waals surface area contributed by atoms with Crippen LogP contribution in [-0.4, -0.2) is 17.6 Å². The van der Waals surface area contributed by atoms with E-state index < -0.39 is 6.10 Å². The predicted molar refractivity (Wildman–Crippen MR) is 92.2 cm³/mol. The second-order valence-electron chi connectivity index (χ2n) is 7.94. The number of aryl methyl sites for hydroxylation is 1. The van der Waals surface area contributed by atoms with E-state index in [2.05, 4.69) is 39.9 Å². The molecule has 22 heavy (non-hydrogen) atoms. The van der Waals surface area contributed by atoms with Gasteiger partial charge in [-0.3, -0.25) is 4.79 Å². The summed E-state index contributed by atoms with van der Waals surface area (Å²) in [5.74, 6) is 0.703. The molecule has 0 aliphatic carbocycles. The first-order valence-corrected chi connectivity index (χ1v) is 8.08. The fourth-order valence-electron chi connectivity index (χ4n) is 2.96.